The number of benzene rings is 2. The van der Waals surface area contributed by atoms with E-state index in [-0.39, 0.29) is 18.4 Å². The number of aryl methyl sites for hydroxylation is 1. The standard InChI is InChI=1S/C21H21N3O2S/c1-3-15-8-4-5-9-16(15)22-19(25)14-24(2)21(26)13-12-20-23-17-10-6-7-11-18(17)27-20/h4-13H,3,14H2,1-2H3,(H,22,25)/b13-12+. The van der Waals surface area contributed by atoms with E-state index in [2.05, 4.69) is 10.3 Å². The quantitative estimate of drug-likeness (QED) is 0.659. The van der Waals surface area contributed by atoms with E-state index in [1.807, 2.05) is 55.5 Å². The van der Waals surface area contributed by atoms with Crippen molar-refractivity contribution >= 4 is 45.1 Å². The Hall–Kier alpha value is -2.99. The highest BCUT2D eigenvalue weighted by Gasteiger charge is 2.12. The van der Waals surface area contributed by atoms with Crippen molar-refractivity contribution in [2.75, 3.05) is 18.9 Å². The highest BCUT2D eigenvalue weighted by molar-refractivity contribution is 7.19. The molecule has 0 saturated carbocycles. The summed E-state index contributed by atoms with van der Waals surface area (Å²) in [5.74, 6) is -0.465. The van der Waals surface area contributed by atoms with Gasteiger partial charge in [0.2, 0.25) is 11.8 Å². The molecule has 2 amide bonds. The van der Waals surface area contributed by atoms with Gasteiger partial charge in [-0.15, -0.1) is 11.3 Å². The van der Waals surface area contributed by atoms with Gasteiger partial charge in [-0.3, -0.25) is 9.59 Å². The number of nitrogens with zero attached hydrogens (tertiary/aromatic N) is 2. The second-order valence-electron chi connectivity index (χ2n) is 6.11. The van der Waals surface area contributed by atoms with Gasteiger partial charge in [-0.25, -0.2) is 4.98 Å². The number of nitrogens with one attached hydrogen (secondary N) is 1. The molecule has 0 saturated heterocycles. The van der Waals surface area contributed by atoms with Crippen LogP contribution in [0, 0.1) is 0 Å². The molecule has 0 spiro atoms. The molecule has 3 rings (SSSR count). The summed E-state index contributed by atoms with van der Waals surface area (Å²) in [6.07, 6.45) is 3.97. The maximum atomic E-state index is 12.3. The molecule has 1 N–H and O–H groups in total. The summed E-state index contributed by atoms with van der Waals surface area (Å²) in [4.78, 5) is 30.4. The van der Waals surface area contributed by atoms with E-state index in [9.17, 15) is 9.59 Å². The number of hydrogen-bond donors (Lipinski definition) is 1. The van der Waals surface area contributed by atoms with Crippen LogP contribution in [0.4, 0.5) is 5.69 Å². The molecule has 5 nitrogen and oxygen atoms in total. The summed E-state index contributed by atoms with van der Waals surface area (Å²) in [7, 11) is 1.61. The van der Waals surface area contributed by atoms with Gasteiger partial charge in [0.1, 0.15) is 5.01 Å². The summed E-state index contributed by atoms with van der Waals surface area (Å²) < 4.78 is 1.08. The van der Waals surface area contributed by atoms with E-state index in [4.69, 9.17) is 0 Å². The predicted octanol–water partition coefficient (Wildman–Crippen LogP) is 3.97. The first-order valence-corrected chi connectivity index (χ1v) is 9.55. The van der Waals surface area contributed by atoms with Gasteiger partial charge in [-0.05, 0) is 36.3 Å². The van der Waals surface area contributed by atoms with E-state index in [0.717, 1.165) is 32.9 Å². The highest BCUT2D eigenvalue weighted by atomic mass is 32.1. The van der Waals surface area contributed by atoms with Crippen molar-refractivity contribution in [1.29, 1.82) is 0 Å². The Bertz CT molecular complexity index is 961. The van der Waals surface area contributed by atoms with Crippen molar-refractivity contribution in [3.63, 3.8) is 0 Å². The molecule has 138 valence electrons. The van der Waals surface area contributed by atoms with Crippen molar-refractivity contribution in [3.8, 4) is 0 Å². The Morgan fingerprint density at radius 2 is 1.89 bits per heavy atom. The van der Waals surface area contributed by atoms with Crippen molar-refractivity contribution in [3.05, 3.63) is 65.2 Å². The SMILES string of the molecule is CCc1ccccc1NC(=O)CN(C)C(=O)/C=C/c1nc2ccccc2s1. The fourth-order valence-electron chi connectivity index (χ4n) is 2.66. The van der Waals surface area contributed by atoms with Crippen LogP contribution in [-0.4, -0.2) is 35.3 Å². The molecule has 0 aliphatic rings. The summed E-state index contributed by atoms with van der Waals surface area (Å²) in [6.45, 7) is 2.02. The molecule has 0 aliphatic heterocycles. The number of carbonyl (C=O) groups excluding carboxylic acids is 2. The zero-order valence-electron chi connectivity index (χ0n) is 15.3. The zero-order chi connectivity index (χ0) is 19.2. The minimum absolute atomic E-state index is 0.0128. The van der Waals surface area contributed by atoms with Gasteiger partial charge in [0.05, 0.1) is 16.8 Å². The number of anilines is 1. The molecule has 3 aromatic rings. The number of carbonyl (C=O) groups is 2. The number of rotatable bonds is 6. The third-order valence-corrected chi connectivity index (χ3v) is 5.11. The van der Waals surface area contributed by atoms with Gasteiger partial charge in [0.15, 0.2) is 0 Å². The molecule has 27 heavy (non-hydrogen) atoms. The first kappa shape index (κ1) is 18.8. The lowest BCUT2D eigenvalue weighted by Crippen LogP contribution is -2.34. The molecule has 0 bridgehead atoms. The lowest BCUT2D eigenvalue weighted by molar-refractivity contribution is -0.129. The van der Waals surface area contributed by atoms with Crippen LogP contribution in [0.2, 0.25) is 0 Å². The van der Waals surface area contributed by atoms with E-state index >= 15 is 0 Å². The maximum Gasteiger partial charge on any atom is 0.246 e. The molecule has 0 aliphatic carbocycles. The molecule has 1 aromatic heterocycles. The summed E-state index contributed by atoms with van der Waals surface area (Å²) in [5, 5.41) is 3.63. The van der Waals surface area contributed by atoms with Crippen molar-refractivity contribution < 1.29 is 9.59 Å². The second kappa shape index (κ2) is 8.60. The number of fused-ring (bicyclic) bond motifs is 1. The molecule has 6 heteroatoms. The van der Waals surface area contributed by atoms with Crippen molar-refractivity contribution in [1.82, 2.24) is 9.88 Å². The predicted molar refractivity (Wildman–Crippen MR) is 111 cm³/mol. The number of likely N-dealkylation sites (N-methyl/N-ethyl adjacent to an activating group) is 1. The topological polar surface area (TPSA) is 62.3 Å². The average Bonchev–Trinajstić information content (AvgIpc) is 3.09. The van der Waals surface area contributed by atoms with Gasteiger partial charge in [-0.1, -0.05) is 37.3 Å². The second-order valence-corrected chi connectivity index (χ2v) is 7.17. The number of hydrogen-bond acceptors (Lipinski definition) is 4. The van der Waals surface area contributed by atoms with Crippen LogP contribution in [0.3, 0.4) is 0 Å². The van der Waals surface area contributed by atoms with Crippen LogP contribution < -0.4 is 5.32 Å². The van der Waals surface area contributed by atoms with E-state index < -0.39 is 0 Å². The van der Waals surface area contributed by atoms with E-state index in [1.54, 1.807) is 13.1 Å². The number of thiazole rings is 1. The van der Waals surface area contributed by atoms with Crippen molar-refractivity contribution in [2.45, 2.75) is 13.3 Å². The van der Waals surface area contributed by atoms with Gasteiger partial charge >= 0.3 is 0 Å². The summed E-state index contributed by atoms with van der Waals surface area (Å²) in [5.41, 5.74) is 2.77. The van der Waals surface area contributed by atoms with Crippen LogP contribution in [0.5, 0.6) is 0 Å². The third-order valence-electron chi connectivity index (χ3n) is 4.11. The molecule has 0 radical (unpaired) electrons. The fraction of sp³-hybridized carbons (Fsp3) is 0.190. The van der Waals surface area contributed by atoms with Crippen LogP contribution in [0.15, 0.2) is 54.6 Å². The first-order valence-electron chi connectivity index (χ1n) is 8.73. The van der Waals surface area contributed by atoms with Gasteiger partial charge < -0.3 is 10.2 Å². The summed E-state index contributed by atoms with van der Waals surface area (Å²) >= 11 is 1.52. The molecule has 0 fully saturated rings. The van der Waals surface area contributed by atoms with Crippen LogP contribution in [0.1, 0.15) is 17.5 Å². The zero-order valence-corrected chi connectivity index (χ0v) is 16.1. The van der Waals surface area contributed by atoms with E-state index in [1.165, 1.54) is 22.3 Å². The molecule has 0 unspecified atom stereocenters. The Balaban J connectivity index is 1.59. The maximum absolute atomic E-state index is 12.3. The average molecular weight is 379 g/mol. The van der Waals surface area contributed by atoms with Crippen LogP contribution in [-0.2, 0) is 16.0 Å². The lowest BCUT2D eigenvalue weighted by atomic mass is 10.1. The van der Waals surface area contributed by atoms with Crippen LogP contribution >= 0.6 is 11.3 Å². The molecular weight excluding hydrogens is 358 g/mol. The Morgan fingerprint density at radius 3 is 2.67 bits per heavy atom. The minimum atomic E-state index is -0.242. The van der Waals surface area contributed by atoms with Crippen molar-refractivity contribution in [2.24, 2.45) is 0 Å². The Kier molecular flexibility index (Phi) is 5.98. The number of para-hydroxylation sites is 2. The van der Waals surface area contributed by atoms with Gasteiger partial charge in [0, 0.05) is 18.8 Å². The van der Waals surface area contributed by atoms with Gasteiger partial charge in [-0.2, -0.15) is 0 Å². The Morgan fingerprint density at radius 1 is 1.15 bits per heavy atom. The number of aromatic nitrogens is 1. The molecule has 2 aromatic carbocycles. The highest BCUT2D eigenvalue weighted by Crippen LogP contribution is 2.22. The minimum Gasteiger partial charge on any atom is -0.333 e. The van der Waals surface area contributed by atoms with Gasteiger partial charge in [0.25, 0.3) is 0 Å². The normalized spacial score (nSPS) is 11.0. The molecule has 1 heterocycles. The molecular formula is C21H21N3O2S. The number of amides is 2. The first-order chi connectivity index (χ1) is 13.1. The molecule has 0 atom stereocenters. The monoisotopic (exact) mass is 379 g/mol. The Labute approximate surface area is 162 Å². The lowest BCUT2D eigenvalue weighted by Gasteiger charge is -2.16. The smallest absolute Gasteiger partial charge is 0.246 e. The third kappa shape index (κ3) is 4.80. The fourth-order valence-corrected chi connectivity index (χ4v) is 3.54. The van der Waals surface area contributed by atoms with E-state index in [0.29, 0.717) is 0 Å². The largest absolute Gasteiger partial charge is 0.333 e. The van der Waals surface area contributed by atoms with Crippen LogP contribution in [0.25, 0.3) is 16.3 Å². The summed E-state index contributed by atoms with van der Waals surface area (Å²) in [6, 6.07) is 15.5.